The molecule has 0 aromatic heterocycles. The molecule has 2 N–H and O–H groups in total. The molecule has 2 atom stereocenters. The maximum absolute atomic E-state index is 13.8. The molecule has 2 aromatic carbocycles. The van der Waals surface area contributed by atoms with E-state index in [4.69, 9.17) is 9.47 Å². The summed E-state index contributed by atoms with van der Waals surface area (Å²) in [6.45, 7) is 7.77. The summed E-state index contributed by atoms with van der Waals surface area (Å²) in [6, 6.07) is 7.94. The molecule has 0 radical (unpaired) electrons. The van der Waals surface area contributed by atoms with Gasteiger partial charge in [0.1, 0.15) is 23.9 Å². The van der Waals surface area contributed by atoms with Gasteiger partial charge in [-0.1, -0.05) is 25.3 Å². The highest BCUT2D eigenvalue weighted by Crippen LogP contribution is 2.30. The van der Waals surface area contributed by atoms with Crippen molar-refractivity contribution in [3.8, 4) is 11.5 Å². The molecule has 32 heavy (non-hydrogen) atoms. The van der Waals surface area contributed by atoms with Gasteiger partial charge >= 0.3 is 0 Å². The SMILES string of the molecule is C=Cc1cc(F)cc(P)c1OC[C@]1(CN2Cc3ccc(OC)cc3C2=O)NC(=C)NC1=O. The third-order valence-corrected chi connectivity index (χ3v) is 5.97. The molecule has 0 spiro atoms. The third-order valence-electron chi connectivity index (χ3n) is 5.54. The van der Waals surface area contributed by atoms with Crippen molar-refractivity contribution in [2.45, 2.75) is 12.1 Å². The molecular weight excluding hydrogens is 432 g/mol. The maximum atomic E-state index is 13.8. The second kappa shape index (κ2) is 8.28. The largest absolute Gasteiger partial charge is 0.497 e. The van der Waals surface area contributed by atoms with Gasteiger partial charge < -0.3 is 25.0 Å². The number of carbonyl (C=O) groups is 2. The van der Waals surface area contributed by atoms with E-state index >= 15 is 0 Å². The number of nitrogens with one attached hydrogen (secondary N) is 2. The van der Waals surface area contributed by atoms with Crippen LogP contribution in [0.25, 0.3) is 6.08 Å². The molecule has 2 aliphatic rings. The van der Waals surface area contributed by atoms with Crippen LogP contribution in [-0.4, -0.2) is 42.5 Å². The number of hydrogen-bond acceptors (Lipinski definition) is 5. The summed E-state index contributed by atoms with van der Waals surface area (Å²) in [7, 11) is 3.96. The van der Waals surface area contributed by atoms with Crippen LogP contribution in [0.1, 0.15) is 21.5 Å². The summed E-state index contributed by atoms with van der Waals surface area (Å²) in [5, 5.41) is 6.19. The summed E-state index contributed by atoms with van der Waals surface area (Å²) in [6.07, 6.45) is 1.48. The molecule has 9 heteroatoms. The van der Waals surface area contributed by atoms with Crippen LogP contribution in [0.2, 0.25) is 0 Å². The summed E-state index contributed by atoms with van der Waals surface area (Å²) in [4.78, 5) is 27.6. The fourth-order valence-electron chi connectivity index (χ4n) is 3.96. The minimum Gasteiger partial charge on any atom is -0.497 e. The second-order valence-electron chi connectivity index (χ2n) is 7.73. The fourth-order valence-corrected chi connectivity index (χ4v) is 4.37. The minimum atomic E-state index is -1.27. The number of methoxy groups -OCH3 is 1. The van der Waals surface area contributed by atoms with Gasteiger partial charge in [-0.15, -0.1) is 9.24 Å². The Bertz CT molecular complexity index is 1150. The first-order valence-corrected chi connectivity index (χ1v) is 10.4. The molecule has 1 fully saturated rings. The van der Waals surface area contributed by atoms with Crippen molar-refractivity contribution in [3.05, 3.63) is 71.8 Å². The lowest BCUT2D eigenvalue weighted by Crippen LogP contribution is -2.58. The molecule has 1 saturated heterocycles. The number of amides is 2. The zero-order chi connectivity index (χ0) is 23.0. The number of halogens is 1. The average Bonchev–Trinajstić information content (AvgIpc) is 3.21. The van der Waals surface area contributed by atoms with Gasteiger partial charge in [-0.25, -0.2) is 4.39 Å². The average molecular weight is 455 g/mol. The quantitative estimate of drug-likeness (QED) is 0.624. The Morgan fingerprint density at radius 3 is 2.75 bits per heavy atom. The van der Waals surface area contributed by atoms with Gasteiger partial charge in [0.05, 0.1) is 19.5 Å². The molecular formula is C23H23FN3O4P. The van der Waals surface area contributed by atoms with E-state index in [1.165, 1.54) is 25.3 Å². The van der Waals surface area contributed by atoms with E-state index in [-0.39, 0.29) is 25.0 Å². The van der Waals surface area contributed by atoms with E-state index in [9.17, 15) is 14.0 Å². The van der Waals surface area contributed by atoms with Crippen molar-refractivity contribution < 1.29 is 23.5 Å². The van der Waals surface area contributed by atoms with Gasteiger partial charge in [0, 0.05) is 23.0 Å². The zero-order valence-electron chi connectivity index (χ0n) is 17.5. The van der Waals surface area contributed by atoms with E-state index in [0.29, 0.717) is 40.3 Å². The van der Waals surface area contributed by atoms with E-state index < -0.39 is 11.4 Å². The van der Waals surface area contributed by atoms with E-state index in [0.717, 1.165) is 5.56 Å². The normalized spacial score (nSPS) is 19.5. The Kier molecular flexibility index (Phi) is 5.65. The second-order valence-corrected chi connectivity index (χ2v) is 8.35. The van der Waals surface area contributed by atoms with Gasteiger partial charge in [-0.3, -0.25) is 9.59 Å². The molecule has 0 saturated carbocycles. The Morgan fingerprint density at radius 2 is 2.09 bits per heavy atom. The van der Waals surface area contributed by atoms with Crippen molar-refractivity contribution in [2.75, 3.05) is 20.3 Å². The van der Waals surface area contributed by atoms with E-state index in [1.54, 1.807) is 17.0 Å². The molecule has 4 rings (SSSR count). The van der Waals surface area contributed by atoms with Gasteiger partial charge in [-0.05, 0) is 29.8 Å². The number of fused-ring (bicyclic) bond motifs is 1. The van der Waals surface area contributed by atoms with Crippen LogP contribution < -0.4 is 25.4 Å². The monoisotopic (exact) mass is 455 g/mol. The molecule has 0 bridgehead atoms. The van der Waals surface area contributed by atoms with Crippen LogP contribution in [0.5, 0.6) is 11.5 Å². The first-order valence-electron chi connectivity index (χ1n) is 9.85. The third kappa shape index (κ3) is 3.82. The van der Waals surface area contributed by atoms with Crippen LogP contribution in [0.4, 0.5) is 4.39 Å². The van der Waals surface area contributed by atoms with Crippen LogP contribution in [-0.2, 0) is 11.3 Å². The summed E-state index contributed by atoms with van der Waals surface area (Å²) in [5.41, 5.74) is 0.573. The van der Waals surface area contributed by atoms with Crippen molar-refractivity contribution in [3.63, 3.8) is 0 Å². The summed E-state index contributed by atoms with van der Waals surface area (Å²) >= 11 is 0. The molecule has 2 amide bonds. The Morgan fingerprint density at radius 1 is 1.31 bits per heavy atom. The number of rotatable bonds is 7. The molecule has 7 nitrogen and oxygen atoms in total. The number of ether oxygens (including phenoxy) is 2. The lowest BCUT2D eigenvalue weighted by Gasteiger charge is -2.31. The fraction of sp³-hybridized carbons (Fsp3) is 0.217. The van der Waals surface area contributed by atoms with Crippen molar-refractivity contribution >= 4 is 32.4 Å². The lowest BCUT2D eigenvalue weighted by atomic mass is 10.00. The van der Waals surface area contributed by atoms with Crippen LogP contribution in [0.15, 0.2) is 49.3 Å². The zero-order valence-corrected chi connectivity index (χ0v) is 18.7. The molecule has 0 aliphatic carbocycles. The van der Waals surface area contributed by atoms with E-state index in [2.05, 4.69) is 33.0 Å². The maximum Gasteiger partial charge on any atom is 0.256 e. The first kappa shape index (κ1) is 21.8. The molecule has 2 aromatic rings. The Labute approximate surface area is 187 Å². The van der Waals surface area contributed by atoms with Gasteiger partial charge in [0.15, 0.2) is 5.54 Å². The van der Waals surface area contributed by atoms with Gasteiger partial charge in [0.2, 0.25) is 0 Å². The van der Waals surface area contributed by atoms with Crippen molar-refractivity contribution in [2.24, 2.45) is 0 Å². The minimum absolute atomic E-state index is 0.0461. The summed E-state index contributed by atoms with van der Waals surface area (Å²) < 4.78 is 25.0. The van der Waals surface area contributed by atoms with Crippen LogP contribution in [0, 0.1) is 5.82 Å². The number of benzene rings is 2. The Hall–Kier alpha value is -3.38. The van der Waals surface area contributed by atoms with Crippen molar-refractivity contribution in [1.82, 2.24) is 15.5 Å². The predicted molar refractivity (Wildman–Crippen MR) is 122 cm³/mol. The smallest absolute Gasteiger partial charge is 0.256 e. The summed E-state index contributed by atoms with van der Waals surface area (Å²) in [5.74, 6) is 0.301. The number of hydrogen-bond donors (Lipinski definition) is 2. The van der Waals surface area contributed by atoms with Gasteiger partial charge in [-0.2, -0.15) is 0 Å². The van der Waals surface area contributed by atoms with Crippen LogP contribution in [0.3, 0.4) is 0 Å². The van der Waals surface area contributed by atoms with Gasteiger partial charge in [0.25, 0.3) is 11.8 Å². The van der Waals surface area contributed by atoms with Crippen molar-refractivity contribution in [1.29, 1.82) is 0 Å². The topological polar surface area (TPSA) is 79.9 Å². The molecule has 2 heterocycles. The molecule has 1 unspecified atom stereocenters. The highest BCUT2D eigenvalue weighted by Gasteiger charge is 2.48. The number of carbonyl (C=O) groups excluding carboxylic acids is 2. The number of nitrogens with zero attached hydrogens (tertiary/aromatic N) is 1. The standard InChI is InChI=1S/C23H23FN3O4P/c1-4-14-7-16(24)8-19(32)20(14)31-12-23(22(29)25-13(2)26-23)11-27-10-15-5-6-17(30-3)9-18(15)21(27)28/h4-9,26H,1-2,10-12,32H2,3H3,(H,25,29)/t23-/m0/s1. The highest BCUT2D eigenvalue weighted by molar-refractivity contribution is 7.27. The highest BCUT2D eigenvalue weighted by atomic mass is 31.0. The first-order chi connectivity index (χ1) is 15.3. The molecule has 166 valence electrons. The lowest BCUT2D eigenvalue weighted by molar-refractivity contribution is -0.125. The predicted octanol–water partition coefficient (Wildman–Crippen LogP) is 1.94. The Balaban J connectivity index is 1.60. The van der Waals surface area contributed by atoms with Crippen LogP contribution >= 0.6 is 9.24 Å². The molecule has 2 aliphatic heterocycles. The van der Waals surface area contributed by atoms with E-state index in [1.807, 2.05) is 6.07 Å².